The Morgan fingerprint density at radius 1 is 1.15 bits per heavy atom. The van der Waals surface area contributed by atoms with Gasteiger partial charge in [-0.2, -0.15) is 4.98 Å². The van der Waals surface area contributed by atoms with E-state index < -0.39 is 5.82 Å². The van der Waals surface area contributed by atoms with Crippen LogP contribution in [0, 0.1) is 11.7 Å². The maximum Gasteiger partial charge on any atom is 0.302 e. The lowest BCUT2D eigenvalue weighted by Crippen LogP contribution is -2.12. The normalized spacial score (nSPS) is 13.1. The molecule has 34 heavy (non-hydrogen) atoms. The molecule has 0 bridgehead atoms. The first kappa shape index (κ1) is 21.8. The highest BCUT2D eigenvalue weighted by atomic mass is 19.1. The van der Waals surface area contributed by atoms with Crippen molar-refractivity contribution in [2.24, 2.45) is 5.92 Å². The Kier molecular flexibility index (Phi) is 5.79. The number of carbonyl (C=O) groups is 1. The number of hydrogen-bond donors (Lipinski definition) is 1. The predicted molar refractivity (Wildman–Crippen MR) is 127 cm³/mol. The zero-order valence-corrected chi connectivity index (χ0v) is 18.6. The molecule has 1 aliphatic rings. The quantitative estimate of drug-likeness (QED) is 0.356. The summed E-state index contributed by atoms with van der Waals surface area (Å²) in [6.45, 7) is 0. The second-order valence-corrected chi connectivity index (χ2v) is 8.49. The van der Waals surface area contributed by atoms with Crippen molar-refractivity contribution >= 4 is 28.1 Å². The number of benzene rings is 2. The molecule has 0 aliphatic heterocycles. The predicted octanol–water partition coefficient (Wildman–Crippen LogP) is 5.39. The van der Waals surface area contributed by atoms with Gasteiger partial charge in [0.25, 0.3) is 5.56 Å². The number of nitrogens with one attached hydrogen (secondary N) is 1. The highest BCUT2D eigenvalue weighted by Crippen LogP contribution is 2.34. The highest BCUT2D eigenvalue weighted by Gasteiger charge is 2.23. The standard InChI is InChI=1S/C26H23FN4O3/c1-31(18-7-10-22(27)21(14-18)24(32)11-4-16-2-3-16)17-5-8-19(9-6-17)34-26-29-23-15-28-13-12-20(23)25(33)30-26/h5-10,12-16H,2-4,11H2,1H3,(H,29,30,33). The molecule has 2 heterocycles. The molecule has 1 aliphatic carbocycles. The minimum Gasteiger partial charge on any atom is -0.426 e. The zero-order valence-electron chi connectivity index (χ0n) is 18.6. The lowest BCUT2D eigenvalue weighted by molar-refractivity contribution is 0.0974. The number of aromatic nitrogens is 3. The molecule has 172 valence electrons. The van der Waals surface area contributed by atoms with Gasteiger partial charge in [-0.25, -0.2) is 4.39 Å². The van der Waals surface area contributed by atoms with Crippen molar-refractivity contribution in [2.75, 3.05) is 11.9 Å². The van der Waals surface area contributed by atoms with E-state index in [-0.39, 0.29) is 22.9 Å². The maximum absolute atomic E-state index is 14.3. The summed E-state index contributed by atoms with van der Waals surface area (Å²) in [5.41, 5.74) is 1.79. The fourth-order valence-electron chi connectivity index (χ4n) is 3.83. The summed E-state index contributed by atoms with van der Waals surface area (Å²) in [5, 5.41) is 0.434. The van der Waals surface area contributed by atoms with Gasteiger partial charge in [-0.05, 0) is 60.9 Å². The van der Waals surface area contributed by atoms with E-state index in [9.17, 15) is 14.0 Å². The fraction of sp³-hybridized carbons (Fsp3) is 0.231. The van der Waals surface area contributed by atoms with Crippen molar-refractivity contribution in [3.05, 3.63) is 82.7 Å². The summed E-state index contributed by atoms with van der Waals surface area (Å²) in [7, 11) is 1.84. The van der Waals surface area contributed by atoms with Crippen LogP contribution in [0.25, 0.3) is 10.9 Å². The molecular weight excluding hydrogens is 435 g/mol. The number of nitrogens with zero attached hydrogens (tertiary/aromatic N) is 3. The van der Waals surface area contributed by atoms with E-state index in [1.807, 2.05) is 24.1 Å². The molecule has 4 aromatic rings. The third-order valence-electron chi connectivity index (χ3n) is 6.04. The first-order chi connectivity index (χ1) is 16.5. The summed E-state index contributed by atoms with van der Waals surface area (Å²) < 4.78 is 20.0. The number of H-pyrrole nitrogens is 1. The van der Waals surface area contributed by atoms with Gasteiger partial charge in [0.05, 0.1) is 22.7 Å². The Morgan fingerprint density at radius 2 is 1.91 bits per heavy atom. The number of carbonyl (C=O) groups excluding carboxylic acids is 1. The van der Waals surface area contributed by atoms with Gasteiger partial charge >= 0.3 is 6.01 Å². The van der Waals surface area contributed by atoms with E-state index in [2.05, 4.69) is 15.0 Å². The van der Waals surface area contributed by atoms with E-state index in [4.69, 9.17) is 4.74 Å². The summed E-state index contributed by atoms with van der Waals surface area (Å²) in [4.78, 5) is 37.5. The first-order valence-corrected chi connectivity index (χ1v) is 11.2. The van der Waals surface area contributed by atoms with Crippen molar-refractivity contribution in [3.8, 4) is 11.8 Å². The van der Waals surface area contributed by atoms with Crippen LogP contribution in [0.5, 0.6) is 11.8 Å². The average Bonchev–Trinajstić information content (AvgIpc) is 3.68. The van der Waals surface area contributed by atoms with Gasteiger partial charge in [-0.1, -0.05) is 12.8 Å². The van der Waals surface area contributed by atoms with Crippen molar-refractivity contribution in [1.29, 1.82) is 0 Å². The van der Waals surface area contributed by atoms with E-state index in [0.717, 1.165) is 12.1 Å². The van der Waals surface area contributed by atoms with Gasteiger partial charge in [0.15, 0.2) is 5.78 Å². The van der Waals surface area contributed by atoms with E-state index >= 15 is 0 Å². The number of hydrogen-bond acceptors (Lipinski definition) is 6. The third-order valence-corrected chi connectivity index (χ3v) is 6.04. The monoisotopic (exact) mass is 458 g/mol. The smallest absolute Gasteiger partial charge is 0.302 e. The Morgan fingerprint density at radius 3 is 2.68 bits per heavy atom. The van der Waals surface area contributed by atoms with Gasteiger partial charge in [0, 0.05) is 31.0 Å². The van der Waals surface area contributed by atoms with Crippen LogP contribution in [0.3, 0.4) is 0 Å². The van der Waals surface area contributed by atoms with Crippen molar-refractivity contribution in [1.82, 2.24) is 15.0 Å². The van der Waals surface area contributed by atoms with Crippen LogP contribution in [-0.2, 0) is 0 Å². The Bertz CT molecular complexity index is 1410. The third kappa shape index (κ3) is 4.66. The number of pyridine rings is 1. The molecule has 0 radical (unpaired) electrons. The summed E-state index contributed by atoms with van der Waals surface area (Å²) in [6.07, 6.45) is 6.58. The number of fused-ring (bicyclic) bond motifs is 1. The van der Waals surface area contributed by atoms with E-state index in [0.29, 0.717) is 34.7 Å². The molecule has 5 rings (SSSR count). The molecule has 8 heteroatoms. The Labute approximate surface area is 195 Å². The van der Waals surface area contributed by atoms with Crippen molar-refractivity contribution < 1.29 is 13.9 Å². The van der Waals surface area contributed by atoms with Gasteiger partial charge in [0.1, 0.15) is 11.6 Å². The minimum absolute atomic E-state index is 0.0690. The Hall–Kier alpha value is -4.07. The zero-order chi connectivity index (χ0) is 23.7. The average molecular weight is 458 g/mol. The molecule has 0 saturated heterocycles. The maximum atomic E-state index is 14.3. The molecule has 2 aromatic heterocycles. The van der Waals surface area contributed by atoms with Crippen LogP contribution in [0.1, 0.15) is 36.0 Å². The van der Waals surface area contributed by atoms with Crippen LogP contribution >= 0.6 is 0 Å². The summed E-state index contributed by atoms with van der Waals surface area (Å²) in [6, 6.07) is 13.4. The molecule has 0 amide bonds. The van der Waals surface area contributed by atoms with Crippen LogP contribution in [0.4, 0.5) is 15.8 Å². The van der Waals surface area contributed by atoms with Crippen LogP contribution in [-0.4, -0.2) is 27.8 Å². The van der Waals surface area contributed by atoms with Crippen molar-refractivity contribution in [2.45, 2.75) is 25.7 Å². The number of ketones is 1. The van der Waals surface area contributed by atoms with Gasteiger partial charge < -0.3 is 9.64 Å². The molecule has 7 nitrogen and oxygen atoms in total. The number of Topliss-reactive ketones (excluding diaryl/α,β-unsaturated/α-hetero) is 1. The topological polar surface area (TPSA) is 88.2 Å². The van der Waals surface area contributed by atoms with E-state index in [1.165, 1.54) is 31.3 Å². The second-order valence-electron chi connectivity index (χ2n) is 8.49. The molecule has 0 atom stereocenters. The number of anilines is 2. The van der Waals surface area contributed by atoms with Crippen LogP contribution < -0.4 is 15.2 Å². The number of aromatic amines is 1. The van der Waals surface area contributed by atoms with Gasteiger partial charge in [-0.3, -0.25) is 19.6 Å². The fourth-order valence-corrected chi connectivity index (χ4v) is 3.83. The highest BCUT2D eigenvalue weighted by molar-refractivity contribution is 5.97. The molecule has 1 N–H and O–H groups in total. The minimum atomic E-state index is -0.492. The molecule has 1 saturated carbocycles. The largest absolute Gasteiger partial charge is 0.426 e. The van der Waals surface area contributed by atoms with Crippen LogP contribution in [0.2, 0.25) is 0 Å². The number of halogens is 1. The van der Waals surface area contributed by atoms with Crippen molar-refractivity contribution in [3.63, 3.8) is 0 Å². The molecule has 0 spiro atoms. The number of ether oxygens (including phenoxy) is 1. The number of rotatable bonds is 8. The SMILES string of the molecule is CN(c1ccc(Oc2nc3cnccc3c(=O)[nH]2)cc1)c1ccc(F)c(C(=O)CCC2CC2)c1. The summed E-state index contributed by atoms with van der Waals surface area (Å²) >= 11 is 0. The molecule has 2 aromatic carbocycles. The van der Waals surface area contributed by atoms with Crippen LogP contribution in [0.15, 0.2) is 65.7 Å². The van der Waals surface area contributed by atoms with E-state index in [1.54, 1.807) is 30.3 Å². The molecular formula is C26H23FN4O3. The second kappa shape index (κ2) is 9.05. The Balaban J connectivity index is 1.32. The lowest BCUT2D eigenvalue weighted by atomic mass is 10.0. The van der Waals surface area contributed by atoms with Gasteiger partial charge in [-0.15, -0.1) is 0 Å². The van der Waals surface area contributed by atoms with Gasteiger partial charge in [0.2, 0.25) is 0 Å². The first-order valence-electron chi connectivity index (χ1n) is 11.2. The molecule has 1 fully saturated rings. The lowest BCUT2D eigenvalue weighted by Gasteiger charge is -2.20. The molecule has 0 unspecified atom stereocenters. The summed E-state index contributed by atoms with van der Waals surface area (Å²) in [5.74, 6) is 0.459.